The zero-order valence-electron chi connectivity index (χ0n) is 34.9. The quantitative estimate of drug-likeness (QED) is 0.0148. The minimum absolute atomic E-state index is 0.0196. The van der Waals surface area contributed by atoms with Crippen molar-refractivity contribution in [2.45, 2.75) is 71.6 Å². The van der Waals surface area contributed by atoms with Crippen LogP contribution in [0.15, 0.2) is 125 Å². The fourth-order valence-corrected chi connectivity index (χ4v) is 11.7. The van der Waals surface area contributed by atoms with Gasteiger partial charge in [0, 0.05) is 17.4 Å². The van der Waals surface area contributed by atoms with Gasteiger partial charge in [0.2, 0.25) is 7.07 Å². The van der Waals surface area contributed by atoms with Crippen molar-refractivity contribution in [1.82, 2.24) is 4.78 Å². The molecule has 1 aliphatic carbocycles. The van der Waals surface area contributed by atoms with Crippen molar-refractivity contribution in [2.24, 2.45) is 9.99 Å². The number of allylic oxidation sites excluding steroid dienone is 1. The highest BCUT2D eigenvalue weighted by atomic mass is 32.4. The van der Waals surface area contributed by atoms with E-state index in [-0.39, 0.29) is 5.41 Å². The summed E-state index contributed by atoms with van der Waals surface area (Å²) >= 11 is 5.58. The molecule has 0 amide bonds. The van der Waals surface area contributed by atoms with Gasteiger partial charge in [-0.25, -0.2) is 4.78 Å². The Balaban J connectivity index is 1.13. The molecule has 0 aromatic heterocycles. The number of hydrogen-bond donors (Lipinski definition) is 0. The van der Waals surface area contributed by atoms with E-state index in [9.17, 15) is 5.53 Å². The zero-order valence-corrected chi connectivity index (χ0v) is 39.6. The lowest BCUT2D eigenvalue weighted by Crippen LogP contribution is -2.25. The number of nitrogens with zero attached hydrogens (tertiary/aromatic N) is 5. The van der Waals surface area contributed by atoms with Crippen LogP contribution in [0.4, 0.5) is 0 Å². The van der Waals surface area contributed by atoms with Crippen molar-refractivity contribution >= 4 is 67.8 Å². The molecule has 0 fully saturated rings. The second-order valence-electron chi connectivity index (χ2n) is 14.7. The molecule has 0 saturated heterocycles. The number of benzene rings is 5. The largest absolute Gasteiger partial charge is 0.450 e. The summed E-state index contributed by atoms with van der Waals surface area (Å²) in [5, 5.41) is 4.50. The summed E-state index contributed by atoms with van der Waals surface area (Å²) in [6, 6.07) is 37.3. The molecule has 0 radical (unpaired) electrons. The number of hydrogen-bond acceptors (Lipinski definition) is 6. The second-order valence-corrected chi connectivity index (χ2v) is 23.8. The van der Waals surface area contributed by atoms with E-state index in [2.05, 4.69) is 105 Å². The molecular formula is C47H53N5O3P4S. The van der Waals surface area contributed by atoms with E-state index in [1.54, 1.807) is 11.0 Å². The minimum Gasteiger partial charge on any atom is -0.450 e. The Hall–Kier alpha value is -4.30. The Morgan fingerprint density at radius 2 is 1.25 bits per heavy atom. The summed E-state index contributed by atoms with van der Waals surface area (Å²) in [6.45, 7) is 8.71. The van der Waals surface area contributed by atoms with Gasteiger partial charge in [0.05, 0.1) is 6.21 Å². The van der Waals surface area contributed by atoms with E-state index in [0.717, 1.165) is 35.3 Å². The van der Waals surface area contributed by atoms with Crippen LogP contribution in [0.5, 0.6) is 17.2 Å². The fraction of sp³-hybridized carbons (Fsp3) is 0.255. The van der Waals surface area contributed by atoms with Gasteiger partial charge < -0.3 is 13.6 Å². The number of rotatable bonds is 20. The first-order valence-electron chi connectivity index (χ1n) is 20.3. The van der Waals surface area contributed by atoms with E-state index < -0.39 is 22.6 Å². The van der Waals surface area contributed by atoms with E-state index in [0.29, 0.717) is 11.5 Å². The lowest BCUT2D eigenvalue weighted by Gasteiger charge is -2.33. The SMILES string of the molecule is C/C=C/c1ccc2c(c1)C(CCCC)(CCCC)c1cc(/C=C/c3ccc(OP(Oc4ccc(/C=N/N(C)[PH](=S)Oc5ccc(C)cc5)cc4)P(P)N=[N+]=[N-])cc3)ccc1-2. The molecule has 13 heteroatoms. The van der Waals surface area contributed by atoms with Crippen LogP contribution in [0.1, 0.15) is 98.2 Å². The summed E-state index contributed by atoms with van der Waals surface area (Å²) in [6.07, 6.45) is 17.5. The minimum atomic E-state index is -1.78. The summed E-state index contributed by atoms with van der Waals surface area (Å²) < 4.78 is 20.2. The zero-order chi connectivity index (χ0) is 42.5. The normalized spacial score (nSPS) is 14.4. The van der Waals surface area contributed by atoms with Crippen LogP contribution >= 0.6 is 31.5 Å². The Morgan fingerprint density at radius 3 is 1.78 bits per heavy atom. The molecule has 8 nitrogen and oxygen atoms in total. The molecule has 5 aromatic carbocycles. The Morgan fingerprint density at radius 1 is 0.750 bits per heavy atom. The predicted molar refractivity (Wildman–Crippen MR) is 265 cm³/mol. The molecule has 0 N–H and O–H groups in total. The molecule has 0 aliphatic heterocycles. The van der Waals surface area contributed by atoms with Crippen molar-refractivity contribution in [3.8, 4) is 28.4 Å². The van der Waals surface area contributed by atoms with Crippen molar-refractivity contribution in [3.05, 3.63) is 165 Å². The van der Waals surface area contributed by atoms with Gasteiger partial charge in [0.1, 0.15) is 24.7 Å². The van der Waals surface area contributed by atoms with Crippen LogP contribution in [0.3, 0.4) is 0 Å². The fourth-order valence-electron chi connectivity index (χ4n) is 7.33. The Labute approximate surface area is 366 Å². The lowest BCUT2D eigenvalue weighted by atomic mass is 9.70. The maximum absolute atomic E-state index is 9.23. The summed E-state index contributed by atoms with van der Waals surface area (Å²) in [5.41, 5.74) is 20.5. The number of hydrazone groups is 1. The highest BCUT2D eigenvalue weighted by Gasteiger charge is 2.42. The first-order valence-corrected chi connectivity index (χ1v) is 27.6. The van der Waals surface area contributed by atoms with Gasteiger partial charge >= 0.3 is 8.06 Å². The molecular weight excluding hydrogens is 839 g/mol. The maximum atomic E-state index is 9.23. The van der Waals surface area contributed by atoms with Crippen LogP contribution in [-0.2, 0) is 17.2 Å². The van der Waals surface area contributed by atoms with Gasteiger partial charge in [-0.2, -0.15) is 5.10 Å². The van der Waals surface area contributed by atoms with Crippen LogP contribution in [0, 0.1) is 6.92 Å². The average molecular weight is 892 g/mol. The van der Waals surface area contributed by atoms with Gasteiger partial charge in [0.15, 0.2) is 0 Å². The number of aryl methyl sites for hydroxylation is 1. The third kappa shape index (κ3) is 11.5. The average Bonchev–Trinajstić information content (AvgIpc) is 3.52. The molecule has 0 spiro atoms. The third-order valence-electron chi connectivity index (χ3n) is 10.4. The molecule has 310 valence electrons. The molecule has 60 heavy (non-hydrogen) atoms. The summed E-state index contributed by atoms with van der Waals surface area (Å²) in [4.78, 5) is 6.96. The molecule has 1 aliphatic rings. The van der Waals surface area contributed by atoms with Gasteiger partial charge in [-0.1, -0.05) is 144 Å². The lowest BCUT2D eigenvalue weighted by molar-refractivity contribution is 0.414. The third-order valence-corrected chi connectivity index (χ3v) is 17.6. The van der Waals surface area contributed by atoms with Crippen molar-refractivity contribution < 1.29 is 13.6 Å². The molecule has 0 heterocycles. The number of unbranched alkanes of at least 4 members (excludes halogenated alkanes) is 2. The van der Waals surface area contributed by atoms with E-state index in [1.807, 2.05) is 86.8 Å². The standard InChI is InChI=1S/C47H53N5O3P4S/c1-6-9-30-47(31-10-7-2)45-32-37(11-8-3)20-28-43(45)44-29-21-38(33-46(44)47)15-14-36-16-24-41(25-17-36)54-59(57(56)51-50-48)55-42-26-18-39(19-27-42)34-49-52(5)58(60)53-40-22-12-35(4)13-23-40/h8,11-29,32-34,58H,6-7,9-10,30-31,56H2,1-5H3/b11-8+,15-14+,49-34+. The van der Waals surface area contributed by atoms with Gasteiger partial charge in [-0.15, -0.1) is 0 Å². The van der Waals surface area contributed by atoms with E-state index in [1.165, 1.54) is 59.1 Å². The highest BCUT2D eigenvalue weighted by molar-refractivity contribution is 8.50. The van der Waals surface area contributed by atoms with E-state index >= 15 is 0 Å². The van der Waals surface area contributed by atoms with Gasteiger partial charge in [0.25, 0.3) is 0 Å². The van der Waals surface area contributed by atoms with Crippen LogP contribution in [0.2, 0.25) is 0 Å². The van der Waals surface area contributed by atoms with Crippen molar-refractivity contribution in [3.63, 3.8) is 0 Å². The van der Waals surface area contributed by atoms with Crippen LogP contribution < -0.4 is 13.6 Å². The van der Waals surface area contributed by atoms with Crippen LogP contribution in [-0.4, -0.2) is 18.0 Å². The first-order chi connectivity index (χ1) is 29.2. The Kier molecular flexibility index (Phi) is 16.6. The maximum Gasteiger partial charge on any atom is 0.325 e. The van der Waals surface area contributed by atoms with Crippen molar-refractivity contribution in [2.75, 3.05) is 7.05 Å². The smallest absolute Gasteiger partial charge is 0.325 e. The highest BCUT2D eigenvalue weighted by Crippen LogP contribution is 2.75. The number of fused-ring (bicyclic) bond motifs is 3. The topological polar surface area (TPSA) is 92.0 Å². The molecule has 5 aromatic rings. The molecule has 0 bridgehead atoms. The van der Waals surface area contributed by atoms with Gasteiger partial charge in [-0.05, 0) is 137 Å². The molecule has 4 atom stereocenters. The van der Waals surface area contributed by atoms with E-state index in [4.69, 9.17) is 25.4 Å². The van der Waals surface area contributed by atoms with Crippen LogP contribution in [0.25, 0.3) is 39.8 Å². The Bertz CT molecular complexity index is 2380. The molecule has 6 rings (SSSR count). The predicted octanol–water partition coefficient (Wildman–Crippen LogP) is 15.9. The summed E-state index contributed by atoms with van der Waals surface area (Å²) in [5.74, 6) is 1.96. The second kappa shape index (κ2) is 22.0. The molecule has 4 unspecified atom stereocenters. The monoisotopic (exact) mass is 891 g/mol. The molecule has 0 saturated carbocycles. The first kappa shape index (κ1) is 45.2. The van der Waals surface area contributed by atoms with Gasteiger partial charge in [-0.3, -0.25) is 0 Å². The van der Waals surface area contributed by atoms with Crippen molar-refractivity contribution in [1.29, 1.82) is 0 Å². The number of azide groups is 1. The summed E-state index contributed by atoms with van der Waals surface area (Å²) in [7, 11) is -0.348.